The molecule has 1 fully saturated rings. The van der Waals surface area contributed by atoms with E-state index in [1.54, 1.807) is 6.07 Å². The molecule has 0 bridgehead atoms. The van der Waals surface area contributed by atoms with Gasteiger partial charge in [0.05, 0.1) is 0 Å². The minimum atomic E-state index is -0.301. The SMILES string of the molecule is NCC1(CC(=O)NCc2cc(F)ccc2Br)CCC1. The van der Waals surface area contributed by atoms with Crippen LogP contribution in [0.5, 0.6) is 0 Å². The van der Waals surface area contributed by atoms with E-state index in [2.05, 4.69) is 21.2 Å². The Morgan fingerprint density at radius 3 is 2.79 bits per heavy atom. The summed E-state index contributed by atoms with van der Waals surface area (Å²) in [7, 11) is 0. The van der Waals surface area contributed by atoms with Crippen LogP contribution in [0, 0.1) is 11.2 Å². The van der Waals surface area contributed by atoms with E-state index < -0.39 is 0 Å². The van der Waals surface area contributed by atoms with Crippen molar-refractivity contribution in [2.24, 2.45) is 11.1 Å². The predicted octanol–water partition coefficient (Wildman–Crippen LogP) is 2.72. The normalized spacial score (nSPS) is 16.8. The second-order valence-corrected chi connectivity index (χ2v) is 6.10. The number of carbonyl (C=O) groups is 1. The number of nitrogens with two attached hydrogens (primary N) is 1. The first-order valence-electron chi connectivity index (χ1n) is 6.45. The predicted molar refractivity (Wildman–Crippen MR) is 75.9 cm³/mol. The van der Waals surface area contributed by atoms with Crippen LogP contribution in [0.3, 0.4) is 0 Å². The maximum atomic E-state index is 13.1. The molecule has 0 saturated heterocycles. The number of benzene rings is 1. The molecule has 1 saturated carbocycles. The number of hydrogen-bond acceptors (Lipinski definition) is 2. The molecule has 0 unspecified atom stereocenters. The van der Waals surface area contributed by atoms with E-state index in [1.807, 2.05) is 0 Å². The van der Waals surface area contributed by atoms with Gasteiger partial charge in [0.1, 0.15) is 5.82 Å². The summed E-state index contributed by atoms with van der Waals surface area (Å²) >= 11 is 3.34. The van der Waals surface area contributed by atoms with Crippen LogP contribution >= 0.6 is 15.9 Å². The number of nitrogens with one attached hydrogen (secondary N) is 1. The van der Waals surface area contributed by atoms with Gasteiger partial charge in [-0.05, 0) is 48.6 Å². The van der Waals surface area contributed by atoms with Gasteiger partial charge in [-0.25, -0.2) is 4.39 Å². The minimum Gasteiger partial charge on any atom is -0.352 e. The van der Waals surface area contributed by atoms with Crippen LogP contribution in [0.25, 0.3) is 0 Å². The van der Waals surface area contributed by atoms with Crippen molar-refractivity contribution in [3.63, 3.8) is 0 Å². The standard InChI is InChI=1S/C14H18BrFN2O/c15-12-3-2-11(16)6-10(12)8-18-13(19)7-14(9-17)4-1-5-14/h2-3,6H,1,4-5,7-9,17H2,(H,18,19). The Kier molecular flexibility index (Phi) is 4.58. The molecule has 0 heterocycles. The van der Waals surface area contributed by atoms with E-state index in [-0.39, 0.29) is 17.1 Å². The van der Waals surface area contributed by atoms with Gasteiger partial charge in [0.15, 0.2) is 0 Å². The maximum absolute atomic E-state index is 13.1. The molecular weight excluding hydrogens is 311 g/mol. The molecule has 0 spiro atoms. The Hall–Kier alpha value is -0.940. The molecule has 0 aromatic heterocycles. The Morgan fingerprint density at radius 1 is 1.47 bits per heavy atom. The van der Waals surface area contributed by atoms with E-state index in [0.717, 1.165) is 29.3 Å². The summed E-state index contributed by atoms with van der Waals surface area (Å²) in [5, 5.41) is 2.83. The second-order valence-electron chi connectivity index (χ2n) is 5.25. The molecular formula is C14H18BrFN2O. The van der Waals surface area contributed by atoms with Crippen molar-refractivity contribution in [2.75, 3.05) is 6.54 Å². The van der Waals surface area contributed by atoms with E-state index in [1.165, 1.54) is 12.1 Å². The van der Waals surface area contributed by atoms with Crippen LogP contribution in [0.2, 0.25) is 0 Å². The van der Waals surface area contributed by atoms with Gasteiger partial charge in [-0.15, -0.1) is 0 Å². The van der Waals surface area contributed by atoms with E-state index in [4.69, 9.17) is 5.73 Å². The lowest BCUT2D eigenvalue weighted by Crippen LogP contribution is -2.41. The molecule has 1 aromatic carbocycles. The lowest BCUT2D eigenvalue weighted by Gasteiger charge is -2.40. The van der Waals surface area contributed by atoms with Gasteiger partial charge >= 0.3 is 0 Å². The summed E-state index contributed by atoms with van der Waals surface area (Å²) in [5.74, 6) is -0.314. The maximum Gasteiger partial charge on any atom is 0.220 e. The zero-order chi connectivity index (χ0) is 13.9. The molecule has 0 radical (unpaired) electrons. The molecule has 1 aliphatic rings. The Labute approximate surface area is 120 Å². The fraction of sp³-hybridized carbons (Fsp3) is 0.500. The molecule has 104 valence electrons. The third kappa shape index (κ3) is 3.54. The molecule has 0 aliphatic heterocycles. The summed E-state index contributed by atoms with van der Waals surface area (Å²) < 4.78 is 13.9. The number of rotatable bonds is 5. The largest absolute Gasteiger partial charge is 0.352 e. The van der Waals surface area contributed by atoms with Gasteiger partial charge in [0.25, 0.3) is 0 Å². The Bertz CT molecular complexity index is 469. The van der Waals surface area contributed by atoms with E-state index in [0.29, 0.717) is 19.5 Å². The molecule has 1 aromatic rings. The Balaban J connectivity index is 1.88. The van der Waals surface area contributed by atoms with Crippen molar-refractivity contribution in [1.29, 1.82) is 0 Å². The molecule has 3 nitrogen and oxygen atoms in total. The van der Waals surface area contributed by atoms with Crippen molar-refractivity contribution < 1.29 is 9.18 Å². The van der Waals surface area contributed by atoms with Crippen molar-refractivity contribution in [2.45, 2.75) is 32.2 Å². The molecule has 5 heteroatoms. The van der Waals surface area contributed by atoms with E-state index >= 15 is 0 Å². The van der Waals surface area contributed by atoms with Crippen molar-refractivity contribution >= 4 is 21.8 Å². The summed E-state index contributed by atoms with van der Waals surface area (Å²) in [4.78, 5) is 11.9. The van der Waals surface area contributed by atoms with Gasteiger partial charge in [0.2, 0.25) is 5.91 Å². The molecule has 3 N–H and O–H groups in total. The fourth-order valence-corrected chi connectivity index (χ4v) is 2.79. The Morgan fingerprint density at radius 2 is 2.21 bits per heavy atom. The first-order chi connectivity index (χ1) is 9.04. The lowest BCUT2D eigenvalue weighted by molar-refractivity contribution is -0.124. The average Bonchev–Trinajstić information content (AvgIpc) is 2.35. The quantitative estimate of drug-likeness (QED) is 0.873. The first kappa shape index (κ1) is 14.5. The highest BCUT2D eigenvalue weighted by atomic mass is 79.9. The molecule has 2 rings (SSSR count). The van der Waals surface area contributed by atoms with Crippen LogP contribution in [-0.2, 0) is 11.3 Å². The zero-order valence-electron chi connectivity index (χ0n) is 10.7. The third-order valence-electron chi connectivity index (χ3n) is 3.87. The van der Waals surface area contributed by atoms with Crippen molar-refractivity contribution in [3.8, 4) is 0 Å². The number of carbonyl (C=O) groups excluding carboxylic acids is 1. The van der Waals surface area contributed by atoms with Gasteiger partial charge in [-0.1, -0.05) is 22.4 Å². The molecule has 1 aliphatic carbocycles. The van der Waals surface area contributed by atoms with Crippen LogP contribution in [0.4, 0.5) is 4.39 Å². The van der Waals surface area contributed by atoms with Gasteiger partial charge in [-0.3, -0.25) is 4.79 Å². The summed E-state index contributed by atoms with van der Waals surface area (Å²) in [5.41, 5.74) is 6.47. The number of amides is 1. The minimum absolute atomic E-state index is 0.00323. The van der Waals surface area contributed by atoms with E-state index in [9.17, 15) is 9.18 Å². The number of halogens is 2. The highest BCUT2D eigenvalue weighted by Gasteiger charge is 2.37. The van der Waals surface area contributed by atoms with Crippen LogP contribution in [-0.4, -0.2) is 12.5 Å². The molecule has 1 amide bonds. The van der Waals surface area contributed by atoms with Crippen LogP contribution in [0.15, 0.2) is 22.7 Å². The molecule has 0 atom stereocenters. The van der Waals surface area contributed by atoms with Gasteiger partial charge in [-0.2, -0.15) is 0 Å². The summed E-state index contributed by atoms with van der Waals surface area (Å²) in [6, 6.07) is 4.45. The fourth-order valence-electron chi connectivity index (χ4n) is 2.41. The average molecular weight is 329 g/mol. The van der Waals surface area contributed by atoms with Crippen molar-refractivity contribution in [3.05, 3.63) is 34.1 Å². The monoisotopic (exact) mass is 328 g/mol. The lowest BCUT2D eigenvalue weighted by atomic mass is 9.66. The highest BCUT2D eigenvalue weighted by Crippen LogP contribution is 2.42. The second kappa shape index (κ2) is 6.01. The zero-order valence-corrected chi connectivity index (χ0v) is 12.3. The first-order valence-corrected chi connectivity index (χ1v) is 7.25. The number of hydrogen-bond donors (Lipinski definition) is 2. The smallest absolute Gasteiger partial charge is 0.220 e. The summed E-state index contributed by atoms with van der Waals surface area (Å²) in [6.45, 7) is 0.891. The molecule has 19 heavy (non-hydrogen) atoms. The third-order valence-corrected chi connectivity index (χ3v) is 4.64. The summed E-state index contributed by atoms with van der Waals surface area (Å²) in [6.07, 6.45) is 3.68. The topological polar surface area (TPSA) is 55.1 Å². The van der Waals surface area contributed by atoms with Crippen LogP contribution < -0.4 is 11.1 Å². The van der Waals surface area contributed by atoms with Crippen LogP contribution in [0.1, 0.15) is 31.2 Å². The van der Waals surface area contributed by atoms with Gasteiger partial charge < -0.3 is 11.1 Å². The van der Waals surface area contributed by atoms with Crippen molar-refractivity contribution in [1.82, 2.24) is 5.32 Å². The van der Waals surface area contributed by atoms with Gasteiger partial charge in [0, 0.05) is 17.4 Å². The highest BCUT2D eigenvalue weighted by molar-refractivity contribution is 9.10.